The van der Waals surface area contributed by atoms with Crippen molar-refractivity contribution in [2.75, 3.05) is 0 Å². The lowest BCUT2D eigenvalue weighted by Gasteiger charge is -2.05. The normalized spacial score (nSPS) is 10.8. The van der Waals surface area contributed by atoms with Gasteiger partial charge in [-0.2, -0.15) is 0 Å². The second-order valence-corrected chi connectivity index (χ2v) is 7.17. The molecule has 0 radical (unpaired) electrons. The van der Waals surface area contributed by atoms with Crippen molar-refractivity contribution in [1.29, 1.82) is 0 Å². The molecule has 5 aromatic rings. The Kier molecular flexibility index (Phi) is 4.56. The fourth-order valence-corrected chi connectivity index (χ4v) is 3.68. The Morgan fingerprint density at radius 2 is 0.586 bits per heavy atom. The fourth-order valence-electron chi connectivity index (χ4n) is 3.68. The zero-order chi connectivity index (χ0) is 19.5. The number of H-pyrrole nitrogens is 1. The van der Waals surface area contributed by atoms with Crippen LogP contribution < -0.4 is 0 Å². The van der Waals surface area contributed by atoms with Crippen LogP contribution in [0.4, 0.5) is 0 Å². The average Bonchev–Trinajstić information content (AvgIpc) is 3.31. The van der Waals surface area contributed by atoms with E-state index in [1.165, 1.54) is 33.4 Å². The lowest BCUT2D eigenvalue weighted by molar-refractivity contribution is 1.39. The van der Waals surface area contributed by atoms with Crippen LogP contribution in [-0.4, -0.2) is 4.98 Å². The fraction of sp³-hybridized carbons (Fsp3) is 0. The number of aromatic nitrogens is 1. The van der Waals surface area contributed by atoms with Crippen molar-refractivity contribution in [3.05, 3.63) is 121 Å². The molecule has 0 aliphatic carbocycles. The first-order chi connectivity index (χ1) is 14.4. The van der Waals surface area contributed by atoms with Crippen LogP contribution in [0.25, 0.3) is 44.8 Å². The van der Waals surface area contributed by atoms with Gasteiger partial charge >= 0.3 is 0 Å². The number of rotatable bonds is 4. The standard InChI is InChI=1S/C28H21N/c1-3-7-21(8-4-1)23-11-15-25(16-12-23)27-19-20-28(29-27)26-17-13-24(14-18-26)22-9-5-2-6-10-22/h1-20,29H. The van der Waals surface area contributed by atoms with Gasteiger partial charge in [-0.25, -0.2) is 0 Å². The number of benzene rings is 4. The highest BCUT2D eigenvalue weighted by Crippen LogP contribution is 2.28. The van der Waals surface area contributed by atoms with Crippen LogP contribution in [0, 0.1) is 0 Å². The quantitative estimate of drug-likeness (QED) is 0.333. The molecule has 0 amide bonds. The molecule has 138 valence electrons. The van der Waals surface area contributed by atoms with Crippen molar-refractivity contribution in [2.45, 2.75) is 0 Å². The van der Waals surface area contributed by atoms with E-state index in [9.17, 15) is 0 Å². The molecule has 0 fully saturated rings. The Bertz CT molecular complexity index is 1100. The lowest BCUT2D eigenvalue weighted by Crippen LogP contribution is -1.82. The van der Waals surface area contributed by atoms with E-state index in [0.29, 0.717) is 0 Å². The number of aromatic amines is 1. The van der Waals surface area contributed by atoms with E-state index in [0.717, 1.165) is 11.4 Å². The first-order valence-electron chi connectivity index (χ1n) is 9.87. The van der Waals surface area contributed by atoms with Crippen LogP contribution in [-0.2, 0) is 0 Å². The molecule has 4 aromatic carbocycles. The Labute approximate surface area is 171 Å². The largest absolute Gasteiger partial charge is 0.355 e. The smallest absolute Gasteiger partial charge is 0.0458 e. The molecule has 0 saturated carbocycles. The van der Waals surface area contributed by atoms with Crippen molar-refractivity contribution < 1.29 is 0 Å². The molecule has 0 bridgehead atoms. The number of nitrogens with one attached hydrogen (secondary N) is 1. The van der Waals surface area contributed by atoms with Crippen molar-refractivity contribution in [3.8, 4) is 44.8 Å². The van der Waals surface area contributed by atoms with Gasteiger partial charge in [0.2, 0.25) is 0 Å². The summed E-state index contributed by atoms with van der Waals surface area (Å²) < 4.78 is 0. The highest BCUT2D eigenvalue weighted by molar-refractivity contribution is 5.73. The van der Waals surface area contributed by atoms with E-state index in [2.05, 4.69) is 114 Å². The summed E-state index contributed by atoms with van der Waals surface area (Å²) >= 11 is 0. The van der Waals surface area contributed by atoms with Gasteiger partial charge in [0.15, 0.2) is 0 Å². The maximum absolute atomic E-state index is 3.56. The molecule has 0 atom stereocenters. The third-order valence-corrected chi connectivity index (χ3v) is 5.29. The molecular weight excluding hydrogens is 350 g/mol. The van der Waals surface area contributed by atoms with Crippen molar-refractivity contribution >= 4 is 0 Å². The van der Waals surface area contributed by atoms with Gasteiger partial charge in [-0.3, -0.25) is 0 Å². The van der Waals surface area contributed by atoms with Crippen LogP contribution in [0.1, 0.15) is 0 Å². The van der Waals surface area contributed by atoms with Crippen LogP contribution in [0.2, 0.25) is 0 Å². The first-order valence-corrected chi connectivity index (χ1v) is 9.87. The summed E-state index contributed by atoms with van der Waals surface area (Å²) in [5, 5.41) is 0. The summed E-state index contributed by atoms with van der Waals surface area (Å²) in [4.78, 5) is 3.56. The Hall–Kier alpha value is -3.84. The molecule has 0 saturated heterocycles. The first kappa shape index (κ1) is 17.3. The summed E-state index contributed by atoms with van der Waals surface area (Å²) in [6.45, 7) is 0. The van der Waals surface area contributed by atoms with Gasteiger partial charge in [-0.05, 0) is 45.5 Å². The van der Waals surface area contributed by atoms with E-state index in [-0.39, 0.29) is 0 Å². The highest BCUT2D eigenvalue weighted by Gasteiger charge is 2.05. The summed E-state index contributed by atoms with van der Waals surface area (Å²) in [6, 6.07) is 42.7. The van der Waals surface area contributed by atoms with Gasteiger partial charge in [-0.1, -0.05) is 109 Å². The minimum atomic E-state index is 1.13. The maximum Gasteiger partial charge on any atom is 0.0458 e. The second kappa shape index (κ2) is 7.65. The minimum absolute atomic E-state index is 1.13. The average molecular weight is 371 g/mol. The third kappa shape index (κ3) is 3.63. The molecule has 0 aliphatic heterocycles. The minimum Gasteiger partial charge on any atom is -0.355 e. The van der Waals surface area contributed by atoms with Gasteiger partial charge in [0.25, 0.3) is 0 Å². The molecule has 1 nitrogen and oxygen atoms in total. The lowest BCUT2D eigenvalue weighted by atomic mass is 10.0. The molecule has 1 aromatic heterocycles. The van der Waals surface area contributed by atoms with Crippen molar-refractivity contribution in [2.24, 2.45) is 0 Å². The molecule has 0 aliphatic rings. The van der Waals surface area contributed by atoms with E-state index in [1.807, 2.05) is 12.1 Å². The predicted molar refractivity (Wildman–Crippen MR) is 123 cm³/mol. The van der Waals surface area contributed by atoms with Gasteiger partial charge in [-0.15, -0.1) is 0 Å². The van der Waals surface area contributed by atoms with Crippen LogP contribution >= 0.6 is 0 Å². The molecular formula is C28H21N. The van der Waals surface area contributed by atoms with Gasteiger partial charge in [0.05, 0.1) is 0 Å². The van der Waals surface area contributed by atoms with E-state index < -0.39 is 0 Å². The molecule has 1 N–H and O–H groups in total. The summed E-state index contributed by atoms with van der Waals surface area (Å²) in [7, 11) is 0. The Morgan fingerprint density at radius 1 is 0.276 bits per heavy atom. The predicted octanol–water partition coefficient (Wildman–Crippen LogP) is 7.68. The highest BCUT2D eigenvalue weighted by atomic mass is 14.7. The molecule has 1 heteroatoms. The molecule has 1 heterocycles. The van der Waals surface area contributed by atoms with Crippen molar-refractivity contribution in [1.82, 2.24) is 4.98 Å². The molecule has 0 spiro atoms. The third-order valence-electron chi connectivity index (χ3n) is 5.29. The molecule has 0 unspecified atom stereocenters. The van der Waals surface area contributed by atoms with E-state index in [4.69, 9.17) is 0 Å². The van der Waals surface area contributed by atoms with Gasteiger partial charge in [0, 0.05) is 11.4 Å². The van der Waals surface area contributed by atoms with Crippen molar-refractivity contribution in [3.63, 3.8) is 0 Å². The van der Waals surface area contributed by atoms with Crippen LogP contribution in [0.3, 0.4) is 0 Å². The maximum atomic E-state index is 3.56. The summed E-state index contributed by atoms with van der Waals surface area (Å²) in [5.41, 5.74) is 9.59. The van der Waals surface area contributed by atoms with Gasteiger partial charge < -0.3 is 4.98 Å². The van der Waals surface area contributed by atoms with Crippen LogP contribution in [0.5, 0.6) is 0 Å². The van der Waals surface area contributed by atoms with Crippen LogP contribution in [0.15, 0.2) is 121 Å². The second-order valence-electron chi connectivity index (χ2n) is 7.17. The van der Waals surface area contributed by atoms with E-state index >= 15 is 0 Å². The Balaban J connectivity index is 1.38. The summed E-state index contributed by atoms with van der Waals surface area (Å²) in [5.74, 6) is 0. The zero-order valence-electron chi connectivity index (χ0n) is 16.0. The zero-order valence-corrected chi connectivity index (χ0v) is 16.0. The Morgan fingerprint density at radius 3 is 0.966 bits per heavy atom. The van der Waals surface area contributed by atoms with Gasteiger partial charge in [0.1, 0.15) is 0 Å². The summed E-state index contributed by atoms with van der Waals surface area (Å²) in [6.07, 6.45) is 0. The monoisotopic (exact) mass is 371 g/mol. The molecule has 5 rings (SSSR count). The SMILES string of the molecule is c1ccc(-c2ccc(-c3ccc(-c4ccc(-c5ccccc5)cc4)[nH]3)cc2)cc1. The topological polar surface area (TPSA) is 15.8 Å². The molecule has 29 heavy (non-hydrogen) atoms. The van der Waals surface area contributed by atoms with E-state index in [1.54, 1.807) is 0 Å². The number of hydrogen-bond donors (Lipinski definition) is 1. The number of hydrogen-bond acceptors (Lipinski definition) is 0.